The normalized spacial score (nSPS) is 15.1. The summed E-state index contributed by atoms with van der Waals surface area (Å²) in [7, 11) is 0. The van der Waals surface area contributed by atoms with Gasteiger partial charge in [-0.15, -0.1) is 0 Å². The molecule has 0 spiro atoms. The van der Waals surface area contributed by atoms with E-state index in [1.165, 1.54) is 18.2 Å². The molecule has 0 radical (unpaired) electrons. The van der Waals surface area contributed by atoms with Gasteiger partial charge < -0.3 is 19.6 Å². The highest BCUT2D eigenvalue weighted by Crippen LogP contribution is 2.37. The monoisotopic (exact) mass is 594 g/mol. The molecule has 10 heteroatoms. The number of carbonyl (C=O) groups excluding carboxylic acids is 3. The summed E-state index contributed by atoms with van der Waals surface area (Å²) in [5.74, 6) is -1.47. The Morgan fingerprint density at radius 3 is 2.38 bits per heavy atom. The zero-order valence-corrected chi connectivity index (χ0v) is 24.9. The number of aliphatic hydroxyl groups excluding tert-OH is 1. The molecule has 0 aromatic heterocycles. The molecular weight excluding hydrogens is 558 g/mol. The van der Waals surface area contributed by atoms with Gasteiger partial charge in [-0.2, -0.15) is 0 Å². The molecule has 1 unspecified atom stereocenters. The number of likely N-dealkylation sites (tertiary alicyclic amines) is 1. The van der Waals surface area contributed by atoms with Gasteiger partial charge in [-0.25, -0.2) is 4.39 Å². The maximum atomic E-state index is 14.0. The molecular formula is C30H37Cl2FN2O5. The number of hydrogen-bond acceptors (Lipinski definition) is 5. The Balaban J connectivity index is 1.80. The van der Waals surface area contributed by atoms with Crippen LogP contribution >= 0.6 is 23.2 Å². The van der Waals surface area contributed by atoms with Gasteiger partial charge in [-0.05, 0) is 61.6 Å². The Morgan fingerprint density at radius 1 is 1.07 bits per heavy atom. The van der Waals surface area contributed by atoms with Gasteiger partial charge in [0.2, 0.25) is 11.8 Å². The molecule has 3 rings (SSSR count). The van der Waals surface area contributed by atoms with E-state index in [0.717, 1.165) is 6.07 Å². The highest BCUT2D eigenvalue weighted by atomic mass is 35.5. The number of hydrogen-bond donors (Lipinski definition) is 1. The van der Waals surface area contributed by atoms with Crippen molar-refractivity contribution in [3.8, 4) is 0 Å². The van der Waals surface area contributed by atoms with Gasteiger partial charge in [-0.3, -0.25) is 14.4 Å². The summed E-state index contributed by atoms with van der Waals surface area (Å²) in [4.78, 5) is 41.8. The lowest BCUT2D eigenvalue weighted by Crippen LogP contribution is -2.42. The molecule has 218 valence electrons. The van der Waals surface area contributed by atoms with Crippen LogP contribution < -0.4 is 4.90 Å². The van der Waals surface area contributed by atoms with Gasteiger partial charge in [0.25, 0.3) is 0 Å². The zero-order chi connectivity index (χ0) is 29.6. The van der Waals surface area contributed by atoms with E-state index in [1.54, 1.807) is 28.9 Å². The lowest BCUT2D eigenvalue weighted by atomic mass is 9.93. The molecule has 40 heavy (non-hydrogen) atoms. The third-order valence-corrected chi connectivity index (χ3v) is 7.36. The standard InChI is InChI=1S/C30H37Cl2FN2O5/c1-5-40-29(39)19-12-14-34(15-13-19)26(36)10-11-27(37)35(18-30(2,3)4)25-9-6-20(31)16-23(25)28(38)22-17-21(33)7-8-24(22)32/h6-9,16-17,19,28,38H,5,10-15,18H2,1-4H3. The molecule has 2 amide bonds. The molecule has 1 aliphatic heterocycles. The van der Waals surface area contributed by atoms with E-state index in [2.05, 4.69) is 0 Å². The van der Waals surface area contributed by atoms with Crippen LogP contribution in [0, 0.1) is 17.2 Å². The van der Waals surface area contributed by atoms with Crippen molar-refractivity contribution in [3.63, 3.8) is 0 Å². The first-order chi connectivity index (χ1) is 18.8. The van der Waals surface area contributed by atoms with Gasteiger partial charge >= 0.3 is 5.97 Å². The summed E-state index contributed by atoms with van der Waals surface area (Å²) in [6.45, 7) is 9.18. The van der Waals surface area contributed by atoms with Crippen molar-refractivity contribution in [1.29, 1.82) is 0 Å². The molecule has 1 heterocycles. The largest absolute Gasteiger partial charge is 0.466 e. The first-order valence-corrected chi connectivity index (χ1v) is 14.2. The highest BCUT2D eigenvalue weighted by Gasteiger charge is 2.31. The maximum Gasteiger partial charge on any atom is 0.309 e. The van der Waals surface area contributed by atoms with Crippen LogP contribution in [0.4, 0.5) is 10.1 Å². The molecule has 1 fully saturated rings. The van der Waals surface area contributed by atoms with Crippen LogP contribution in [-0.2, 0) is 19.1 Å². The van der Waals surface area contributed by atoms with Crippen LogP contribution in [0.1, 0.15) is 70.6 Å². The first kappa shape index (κ1) is 31.8. The predicted octanol–water partition coefficient (Wildman–Crippen LogP) is 6.18. The number of amides is 2. The number of ether oxygens (including phenoxy) is 1. The summed E-state index contributed by atoms with van der Waals surface area (Å²) < 4.78 is 19.1. The molecule has 1 saturated heterocycles. The van der Waals surface area contributed by atoms with Gasteiger partial charge in [-0.1, -0.05) is 44.0 Å². The Bertz CT molecular complexity index is 1230. The van der Waals surface area contributed by atoms with Gasteiger partial charge in [0.05, 0.1) is 12.5 Å². The molecule has 2 aromatic rings. The Hall–Kier alpha value is -2.68. The zero-order valence-electron chi connectivity index (χ0n) is 23.4. The summed E-state index contributed by atoms with van der Waals surface area (Å²) >= 11 is 12.5. The van der Waals surface area contributed by atoms with E-state index in [4.69, 9.17) is 27.9 Å². The fourth-order valence-corrected chi connectivity index (χ4v) is 5.20. The minimum atomic E-state index is -1.35. The van der Waals surface area contributed by atoms with Crippen molar-refractivity contribution in [2.24, 2.45) is 11.3 Å². The molecule has 0 aliphatic carbocycles. The number of benzene rings is 2. The van der Waals surface area contributed by atoms with Crippen molar-refractivity contribution in [3.05, 3.63) is 63.4 Å². The third kappa shape index (κ3) is 8.41. The van der Waals surface area contributed by atoms with Crippen LogP contribution in [0.25, 0.3) is 0 Å². The second kappa shape index (κ2) is 13.8. The number of aliphatic hydroxyl groups is 1. The number of piperidine rings is 1. The number of esters is 1. The van der Waals surface area contributed by atoms with E-state index in [0.29, 0.717) is 55.4 Å². The predicted molar refractivity (Wildman–Crippen MR) is 154 cm³/mol. The fourth-order valence-electron chi connectivity index (χ4n) is 4.80. The van der Waals surface area contributed by atoms with Crippen LogP contribution in [0.3, 0.4) is 0 Å². The molecule has 1 aliphatic rings. The van der Waals surface area contributed by atoms with Crippen molar-refractivity contribution in [2.45, 2.75) is 59.5 Å². The quantitative estimate of drug-likeness (QED) is 0.350. The van der Waals surface area contributed by atoms with Gasteiger partial charge in [0.15, 0.2) is 0 Å². The molecule has 0 bridgehead atoms. The summed E-state index contributed by atoms with van der Waals surface area (Å²) in [5.41, 5.74) is 0.520. The molecule has 7 nitrogen and oxygen atoms in total. The maximum absolute atomic E-state index is 14.0. The topological polar surface area (TPSA) is 87.2 Å². The van der Waals surface area contributed by atoms with E-state index in [1.807, 2.05) is 20.8 Å². The summed E-state index contributed by atoms with van der Waals surface area (Å²) in [6, 6.07) is 8.49. The Morgan fingerprint density at radius 2 is 1.75 bits per heavy atom. The number of rotatable bonds is 9. The average molecular weight is 596 g/mol. The van der Waals surface area contributed by atoms with E-state index in [9.17, 15) is 23.9 Å². The Labute approximate surface area is 245 Å². The lowest BCUT2D eigenvalue weighted by Gasteiger charge is -2.33. The summed E-state index contributed by atoms with van der Waals surface area (Å²) in [6.07, 6.45) is -0.335. The van der Waals surface area contributed by atoms with Gasteiger partial charge in [0, 0.05) is 59.3 Å². The average Bonchev–Trinajstić information content (AvgIpc) is 2.91. The SMILES string of the molecule is CCOC(=O)C1CCN(C(=O)CCC(=O)N(CC(C)(C)C)c2ccc(Cl)cc2C(O)c2cc(F)ccc2Cl)CC1. The second-order valence-corrected chi connectivity index (χ2v) is 12.1. The van der Waals surface area contributed by atoms with E-state index in [-0.39, 0.29) is 52.5 Å². The highest BCUT2D eigenvalue weighted by molar-refractivity contribution is 6.31. The Kier molecular flexibility index (Phi) is 11.0. The van der Waals surface area contributed by atoms with Crippen molar-refractivity contribution >= 4 is 46.7 Å². The number of halogens is 3. The minimum Gasteiger partial charge on any atom is -0.466 e. The lowest BCUT2D eigenvalue weighted by molar-refractivity contribution is -0.151. The minimum absolute atomic E-state index is 0.00471. The van der Waals surface area contributed by atoms with Gasteiger partial charge in [0.1, 0.15) is 11.9 Å². The second-order valence-electron chi connectivity index (χ2n) is 11.2. The van der Waals surface area contributed by atoms with Crippen molar-refractivity contribution in [2.75, 3.05) is 31.1 Å². The third-order valence-electron chi connectivity index (χ3n) is 6.78. The van der Waals surface area contributed by atoms with Crippen molar-refractivity contribution in [1.82, 2.24) is 4.90 Å². The van der Waals surface area contributed by atoms with Crippen LogP contribution in [0.15, 0.2) is 36.4 Å². The van der Waals surface area contributed by atoms with Crippen molar-refractivity contribution < 1.29 is 28.6 Å². The number of anilines is 1. The first-order valence-electron chi connectivity index (χ1n) is 13.5. The van der Waals surface area contributed by atoms with Crippen LogP contribution in [0.2, 0.25) is 10.0 Å². The van der Waals surface area contributed by atoms with Crippen LogP contribution in [0.5, 0.6) is 0 Å². The van der Waals surface area contributed by atoms with E-state index >= 15 is 0 Å². The smallest absolute Gasteiger partial charge is 0.309 e. The van der Waals surface area contributed by atoms with E-state index < -0.39 is 11.9 Å². The molecule has 0 saturated carbocycles. The molecule has 1 atom stereocenters. The number of nitrogens with zero attached hydrogens (tertiary/aromatic N) is 2. The van der Waals surface area contributed by atoms with Crippen LogP contribution in [-0.4, -0.2) is 54.0 Å². The number of carbonyl (C=O) groups is 3. The molecule has 1 N–H and O–H groups in total. The molecule has 2 aromatic carbocycles. The summed E-state index contributed by atoms with van der Waals surface area (Å²) in [5, 5.41) is 11.8. The fraction of sp³-hybridized carbons (Fsp3) is 0.500.